The van der Waals surface area contributed by atoms with E-state index in [1.165, 1.54) is 24.3 Å². The lowest BCUT2D eigenvalue weighted by Gasteiger charge is -2.25. The van der Waals surface area contributed by atoms with E-state index >= 15 is 0 Å². The first-order chi connectivity index (χ1) is 25.0. The third kappa shape index (κ3) is 15.4. The third-order valence-corrected chi connectivity index (χ3v) is 8.26. The van der Waals surface area contributed by atoms with E-state index in [1.54, 1.807) is 37.3 Å². The van der Waals surface area contributed by atoms with Crippen molar-refractivity contribution in [3.63, 3.8) is 0 Å². The highest BCUT2D eigenvalue weighted by Gasteiger charge is 2.31. The highest BCUT2D eigenvalue weighted by molar-refractivity contribution is 5.96. The molecule has 6 atom stereocenters. The Morgan fingerprint density at radius 2 is 1.23 bits per heavy atom. The molecule has 0 saturated carbocycles. The molecule has 0 aliphatic heterocycles. The zero-order chi connectivity index (χ0) is 39.7. The SMILES string of the molecule is CC[C@H](C)[C@H](N)C(=O)N[C@@H](CCC(N)=O)C(=O)N[C@@H](Cc1ccccc1)C(=O)NCC(=O)N[C@@H](CC(N)=O)C(=O)N[C@@H](Cc1ccc(O)cc1)C(=O)O. The number of phenolic OH excluding ortho intramolecular Hbond substituents is 1. The van der Waals surface area contributed by atoms with Crippen LogP contribution in [0.15, 0.2) is 54.6 Å². The number of benzene rings is 2. The molecule has 53 heavy (non-hydrogen) atoms. The number of carbonyl (C=O) groups is 8. The molecule has 13 N–H and O–H groups in total. The van der Waals surface area contributed by atoms with Crippen molar-refractivity contribution < 1.29 is 48.6 Å². The third-order valence-electron chi connectivity index (χ3n) is 8.26. The molecule has 0 heterocycles. The second-order valence-electron chi connectivity index (χ2n) is 12.5. The van der Waals surface area contributed by atoms with Gasteiger partial charge >= 0.3 is 5.97 Å². The zero-order valence-corrected chi connectivity index (χ0v) is 29.5. The molecule has 18 heteroatoms. The minimum Gasteiger partial charge on any atom is -0.508 e. The summed E-state index contributed by atoms with van der Waals surface area (Å²) in [6.45, 7) is 2.85. The Hall–Kier alpha value is -6.04. The van der Waals surface area contributed by atoms with E-state index in [2.05, 4.69) is 26.6 Å². The smallest absolute Gasteiger partial charge is 0.326 e. The Morgan fingerprint density at radius 3 is 1.79 bits per heavy atom. The number of amides is 7. The van der Waals surface area contributed by atoms with Crippen LogP contribution in [0.3, 0.4) is 0 Å². The molecule has 0 spiro atoms. The van der Waals surface area contributed by atoms with Gasteiger partial charge in [0.1, 0.15) is 29.9 Å². The molecule has 0 aliphatic rings. The van der Waals surface area contributed by atoms with Gasteiger partial charge in [-0.1, -0.05) is 62.7 Å². The summed E-state index contributed by atoms with van der Waals surface area (Å²) in [5.74, 6) is -7.72. The van der Waals surface area contributed by atoms with Gasteiger partial charge in [-0.15, -0.1) is 0 Å². The van der Waals surface area contributed by atoms with Crippen molar-refractivity contribution >= 4 is 47.3 Å². The van der Waals surface area contributed by atoms with Crippen molar-refractivity contribution in [2.75, 3.05) is 6.54 Å². The molecule has 288 valence electrons. The van der Waals surface area contributed by atoms with Crippen LogP contribution in [-0.4, -0.2) is 94.3 Å². The summed E-state index contributed by atoms with van der Waals surface area (Å²) in [6, 6.07) is 7.44. The molecule has 0 saturated heterocycles. The summed E-state index contributed by atoms with van der Waals surface area (Å²) in [5.41, 5.74) is 17.7. The molecule has 0 unspecified atom stereocenters. The number of hydrogen-bond donors (Lipinski definition) is 10. The molecule has 0 fully saturated rings. The Balaban J connectivity index is 2.18. The first-order valence-electron chi connectivity index (χ1n) is 16.9. The average molecular weight is 741 g/mol. The number of aliphatic carboxylic acids is 1. The number of rotatable bonds is 22. The second kappa shape index (κ2) is 21.4. The van der Waals surface area contributed by atoms with Crippen LogP contribution in [-0.2, 0) is 51.2 Å². The molecular formula is C35H48N8O10. The summed E-state index contributed by atoms with van der Waals surface area (Å²) in [4.78, 5) is 101. The monoisotopic (exact) mass is 740 g/mol. The number of carboxylic acid groups (broad SMARTS) is 1. The number of aromatic hydroxyl groups is 1. The zero-order valence-electron chi connectivity index (χ0n) is 29.5. The number of primary amides is 2. The lowest BCUT2D eigenvalue weighted by Crippen LogP contribution is -2.58. The minimum absolute atomic E-state index is 0.0506. The van der Waals surface area contributed by atoms with E-state index in [1.807, 2.05) is 6.92 Å². The van der Waals surface area contributed by atoms with Gasteiger partial charge in [0.05, 0.1) is 19.0 Å². The normalized spacial score (nSPS) is 14.2. The van der Waals surface area contributed by atoms with Crippen LogP contribution >= 0.6 is 0 Å². The van der Waals surface area contributed by atoms with Crippen molar-refractivity contribution in [2.24, 2.45) is 23.1 Å². The molecule has 0 bridgehead atoms. The van der Waals surface area contributed by atoms with E-state index in [-0.39, 0.29) is 37.4 Å². The topological polar surface area (TPSA) is 315 Å². The predicted molar refractivity (Wildman–Crippen MR) is 190 cm³/mol. The number of carboxylic acids is 1. The van der Waals surface area contributed by atoms with Crippen LogP contribution < -0.4 is 43.8 Å². The molecule has 2 rings (SSSR count). The van der Waals surface area contributed by atoms with Crippen LogP contribution in [0, 0.1) is 5.92 Å². The lowest BCUT2D eigenvalue weighted by atomic mass is 9.98. The van der Waals surface area contributed by atoms with Crippen molar-refractivity contribution in [1.82, 2.24) is 26.6 Å². The fourth-order valence-corrected chi connectivity index (χ4v) is 4.95. The number of carbonyl (C=O) groups excluding carboxylic acids is 7. The van der Waals surface area contributed by atoms with Gasteiger partial charge < -0.3 is 54.0 Å². The van der Waals surface area contributed by atoms with E-state index in [4.69, 9.17) is 17.2 Å². The molecule has 0 radical (unpaired) electrons. The van der Waals surface area contributed by atoms with Crippen LogP contribution in [0.25, 0.3) is 0 Å². The van der Waals surface area contributed by atoms with Gasteiger partial charge in [0.25, 0.3) is 0 Å². The van der Waals surface area contributed by atoms with Crippen LogP contribution in [0.1, 0.15) is 50.7 Å². The molecule has 0 aromatic heterocycles. The van der Waals surface area contributed by atoms with Crippen LogP contribution in [0.4, 0.5) is 0 Å². The van der Waals surface area contributed by atoms with Gasteiger partial charge in [-0.25, -0.2) is 4.79 Å². The fraction of sp³-hybridized carbons (Fsp3) is 0.429. The van der Waals surface area contributed by atoms with Gasteiger partial charge in [0.15, 0.2) is 0 Å². The number of hydrogen-bond acceptors (Lipinski definition) is 10. The maximum Gasteiger partial charge on any atom is 0.326 e. The fourth-order valence-electron chi connectivity index (χ4n) is 4.95. The van der Waals surface area contributed by atoms with Gasteiger partial charge in [0, 0.05) is 19.3 Å². The van der Waals surface area contributed by atoms with Gasteiger partial charge in [0.2, 0.25) is 41.4 Å². The first-order valence-corrected chi connectivity index (χ1v) is 16.9. The number of nitrogens with one attached hydrogen (secondary N) is 5. The largest absolute Gasteiger partial charge is 0.508 e. The van der Waals surface area contributed by atoms with Crippen molar-refractivity contribution in [3.05, 3.63) is 65.7 Å². The second-order valence-corrected chi connectivity index (χ2v) is 12.5. The average Bonchev–Trinajstić information content (AvgIpc) is 3.11. The Kier molecular flexibility index (Phi) is 17.4. The number of nitrogens with two attached hydrogens (primary N) is 3. The molecule has 2 aromatic carbocycles. The standard InChI is InChI=1S/C35H48N8O10/c1-3-19(2)30(38)34(51)41-23(13-14-27(36)45)32(49)42-24(15-20-7-5-4-6-8-20)31(48)39-18-29(47)40-25(17-28(37)46)33(50)43-26(35(52)53)16-21-9-11-22(44)12-10-21/h4-12,19,23-26,30,44H,3,13-18,38H2,1-2H3,(H2,36,45)(H2,37,46)(H,39,48)(H,40,47)(H,41,51)(H,42,49)(H,43,50)(H,52,53)/t19-,23-,24-,25-,26-,30-/m0/s1. The van der Waals surface area contributed by atoms with E-state index < -0.39 is 90.5 Å². The predicted octanol–water partition coefficient (Wildman–Crippen LogP) is -2.17. The summed E-state index contributed by atoms with van der Waals surface area (Å²) in [7, 11) is 0. The van der Waals surface area contributed by atoms with E-state index in [0.717, 1.165) is 0 Å². The minimum atomic E-state index is -1.62. The van der Waals surface area contributed by atoms with E-state index in [0.29, 0.717) is 17.5 Å². The maximum atomic E-state index is 13.5. The summed E-state index contributed by atoms with van der Waals surface area (Å²) in [5, 5.41) is 31.1. The Bertz CT molecular complexity index is 1610. The Morgan fingerprint density at radius 1 is 0.679 bits per heavy atom. The molecule has 2 aromatic rings. The van der Waals surface area contributed by atoms with Crippen molar-refractivity contribution in [2.45, 2.75) is 82.6 Å². The summed E-state index contributed by atoms with van der Waals surface area (Å²) < 4.78 is 0. The molecule has 0 aliphatic carbocycles. The summed E-state index contributed by atoms with van der Waals surface area (Å²) >= 11 is 0. The van der Waals surface area contributed by atoms with Gasteiger partial charge in [-0.3, -0.25) is 33.6 Å². The van der Waals surface area contributed by atoms with Crippen molar-refractivity contribution in [1.29, 1.82) is 0 Å². The van der Waals surface area contributed by atoms with Gasteiger partial charge in [-0.2, -0.15) is 0 Å². The van der Waals surface area contributed by atoms with Crippen LogP contribution in [0.5, 0.6) is 5.75 Å². The molecular weight excluding hydrogens is 692 g/mol. The van der Waals surface area contributed by atoms with Gasteiger partial charge in [-0.05, 0) is 35.6 Å². The van der Waals surface area contributed by atoms with Crippen LogP contribution in [0.2, 0.25) is 0 Å². The summed E-state index contributed by atoms with van der Waals surface area (Å²) in [6.07, 6.45) is -0.839. The quantitative estimate of drug-likeness (QED) is 0.0619. The highest BCUT2D eigenvalue weighted by atomic mass is 16.4. The molecule has 7 amide bonds. The lowest BCUT2D eigenvalue weighted by molar-refractivity contribution is -0.142. The first kappa shape index (κ1) is 43.1. The maximum absolute atomic E-state index is 13.5. The number of phenols is 1. The van der Waals surface area contributed by atoms with Crippen molar-refractivity contribution in [3.8, 4) is 5.75 Å². The van der Waals surface area contributed by atoms with E-state index in [9.17, 15) is 48.6 Å². The highest BCUT2D eigenvalue weighted by Crippen LogP contribution is 2.12. The molecule has 18 nitrogen and oxygen atoms in total. The Labute approximate surface area is 306 Å².